The van der Waals surface area contributed by atoms with Crippen LogP contribution in [0, 0.1) is 10.1 Å². The first-order valence-corrected chi connectivity index (χ1v) is 5.70. The van der Waals surface area contributed by atoms with Gasteiger partial charge in [0.15, 0.2) is 0 Å². The van der Waals surface area contributed by atoms with E-state index in [-0.39, 0.29) is 11.8 Å². The third-order valence-electron chi connectivity index (χ3n) is 2.71. The van der Waals surface area contributed by atoms with E-state index >= 15 is 0 Å². The summed E-state index contributed by atoms with van der Waals surface area (Å²) in [7, 11) is 0. The van der Waals surface area contributed by atoms with Crippen molar-refractivity contribution in [3.63, 3.8) is 0 Å². The Morgan fingerprint density at radius 2 is 2.11 bits per heavy atom. The fourth-order valence-corrected chi connectivity index (χ4v) is 1.74. The Morgan fingerprint density at radius 3 is 2.67 bits per heavy atom. The average Bonchev–Trinajstić information content (AvgIpc) is 2.40. The second kappa shape index (κ2) is 5.59. The lowest BCUT2D eigenvalue weighted by Crippen LogP contribution is -2.28. The number of rotatable bonds is 3. The van der Waals surface area contributed by atoms with Gasteiger partial charge in [0, 0.05) is 18.7 Å². The minimum absolute atomic E-state index is 0.0486. The van der Waals surface area contributed by atoms with Crippen LogP contribution < -0.4 is 0 Å². The lowest BCUT2D eigenvalue weighted by molar-refractivity contribution is -0.384. The molecule has 2 rings (SSSR count). The van der Waals surface area contributed by atoms with Gasteiger partial charge in [-0.2, -0.15) is 0 Å². The zero-order valence-electron chi connectivity index (χ0n) is 9.70. The number of nitro benzene ring substituents is 1. The molecule has 1 unspecified atom stereocenters. The van der Waals surface area contributed by atoms with Crippen LogP contribution in [0.25, 0.3) is 0 Å². The molecule has 1 aromatic carbocycles. The average molecular weight is 251 g/mol. The molecule has 1 atom stereocenters. The van der Waals surface area contributed by atoms with Crippen molar-refractivity contribution in [2.45, 2.75) is 18.9 Å². The van der Waals surface area contributed by atoms with E-state index in [2.05, 4.69) is 0 Å². The van der Waals surface area contributed by atoms with Crippen molar-refractivity contribution in [2.75, 3.05) is 13.2 Å². The molecule has 1 aliphatic heterocycles. The SMILES string of the molecule is O=C(OC1CCCOC1)c1ccc([N+](=O)[O-])cc1. The van der Waals surface area contributed by atoms with Crippen LogP contribution >= 0.6 is 0 Å². The maximum atomic E-state index is 11.7. The third kappa shape index (κ3) is 3.04. The smallest absolute Gasteiger partial charge is 0.338 e. The number of carbonyl (C=O) groups is 1. The van der Waals surface area contributed by atoms with E-state index in [1.54, 1.807) is 0 Å². The molecule has 0 radical (unpaired) electrons. The summed E-state index contributed by atoms with van der Waals surface area (Å²) < 4.78 is 10.4. The summed E-state index contributed by atoms with van der Waals surface area (Å²) in [5, 5.41) is 10.5. The molecule has 0 amide bonds. The van der Waals surface area contributed by atoms with E-state index in [0.717, 1.165) is 12.8 Å². The molecule has 18 heavy (non-hydrogen) atoms. The summed E-state index contributed by atoms with van der Waals surface area (Å²) in [5.74, 6) is -0.472. The van der Waals surface area contributed by atoms with E-state index in [1.807, 2.05) is 0 Å². The Balaban J connectivity index is 1.97. The van der Waals surface area contributed by atoms with Gasteiger partial charge < -0.3 is 9.47 Å². The summed E-state index contributed by atoms with van der Waals surface area (Å²) in [6, 6.07) is 5.36. The molecular formula is C12H13NO5. The monoisotopic (exact) mass is 251 g/mol. The van der Waals surface area contributed by atoms with Crippen LogP contribution in [0.5, 0.6) is 0 Å². The van der Waals surface area contributed by atoms with E-state index in [9.17, 15) is 14.9 Å². The van der Waals surface area contributed by atoms with E-state index in [0.29, 0.717) is 18.8 Å². The maximum Gasteiger partial charge on any atom is 0.338 e. The zero-order valence-corrected chi connectivity index (χ0v) is 9.70. The second-order valence-corrected chi connectivity index (χ2v) is 4.05. The van der Waals surface area contributed by atoms with Gasteiger partial charge in [0.25, 0.3) is 5.69 Å². The van der Waals surface area contributed by atoms with Gasteiger partial charge in [-0.25, -0.2) is 4.79 Å². The molecule has 1 saturated heterocycles. The summed E-state index contributed by atoms with van der Waals surface area (Å²) in [6.07, 6.45) is 1.44. The van der Waals surface area contributed by atoms with Crippen LogP contribution in [0.2, 0.25) is 0 Å². The Kier molecular flexibility index (Phi) is 3.88. The number of esters is 1. The Bertz CT molecular complexity index is 436. The Hall–Kier alpha value is -1.95. The van der Waals surface area contributed by atoms with Gasteiger partial charge in [-0.05, 0) is 25.0 Å². The standard InChI is InChI=1S/C12H13NO5/c14-12(18-11-2-1-7-17-8-11)9-3-5-10(6-4-9)13(15)16/h3-6,11H,1-2,7-8H2. The number of ether oxygens (including phenoxy) is 2. The molecule has 1 heterocycles. The van der Waals surface area contributed by atoms with Crippen LogP contribution in [-0.2, 0) is 9.47 Å². The van der Waals surface area contributed by atoms with Gasteiger partial charge in [0.1, 0.15) is 6.10 Å². The minimum atomic E-state index is -0.510. The van der Waals surface area contributed by atoms with Gasteiger partial charge in [-0.15, -0.1) is 0 Å². The minimum Gasteiger partial charge on any atom is -0.456 e. The number of nitrogens with zero attached hydrogens (tertiary/aromatic N) is 1. The maximum absolute atomic E-state index is 11.7. The molecule has 0 bridgehead atoms. The predicted octanol–water partition coefficient (Wildman–Crippen LogP) is 1.93. The molecule has 1 aliphatic rings. The van der Waals surface area contributed by atoms with Crippen molar-refractivity contribution in [3.05, 3.63) is 39.9 Å². The van der Waals surface area contributed by atoms with Gasteiger partial charge in [-0.1, -0.05) is 0 Å². The van der Waals surface area contributed by atoms with Crippen molar-refractivity contribution in [3.8, 4) is 0 Å². The van der Waals surface area contributed by atoms with Crippen LogP contribution in [0.1, 0.15) is 23.2 Å². The number of hydrogen-bond donors (Lipinski definition) is 0. The first-order valence-electron chi connectivity index (χ1n) is 5.70. The summed E-state index contributed by atoms with van der Waals surface area (Å²) >= 11 is 0. The predicted molar refractivity (Wildman–Crippen MR) is 62.4 cm³/mol. The topological polar surface area (TPSA) is 78.7 Å². The van der Waals surface area contributed by atoms with Crippen molar-refractivity contribution in [2.24, 2.45) is 0 Å². The molecule has 0 saturated carbocycles. The quantitative estimate of drug-likeness (QED) is 0.466. The van der Waals surface area contributed by atoms with Crippen molar-refractivity contribution < 1.29 is 19.2 Å². The third-order valence-corrected chi connectivity index (χ3v) is 2.71. The van der Waals surface area contributed by atoms with Crippen molar-refractivity contribution >= 4 is 11.7 Å². The van der Waals surface area contributed by atoms with Crippen molar-refractivity contribution in [1.82, 2.24) is 0 Å². The molecule has 0 spiro atoms. The normalized spacial score (nSPS) is 19.2. The molecular weight excluding hydrogens is 238 g/mol. The summed E-state index contributed by atoms with van der Waals surface area (Å²) in [6.45, 7) is 1.12. The lowest BCUT2D eigenvalue weighted by atomic mass is 10.1. The molecule has 0 aliphatic carbocycles. The largest absolute Gasteiger partial charge is 0.456 e. The van der Waals surface area contributed by atoms with Crippen LogP contribution in [0.15, 0.2) is 24.3 Å². The van der Waals surface area contributed by atoms with E-state index in [4.69, 9.17) is 9.47 Å². The molecule has 0 aromatic heterocycles. The number of benzene rings is 1. The highest BCUT2D eigenvalue weighted by atomic mass is 16.6. The highest BCUT2D eigenvalue weighted by Crippen LogP contribution is 2.15. The van der Waals surface area contributed by atoms with Crippen molar-refractivity contribution in [1.29, 1.82) is 0 Å². The first-order chi connectivity index (χ1) is 8.66. The van der Waals surface area contributed by atoms with E-state index in [1.165, 1.54) is 24.3 Å². The second-order valence-electron chi connectivity index (χ2n) is 4.05. The summed E-state index contributed by atoms with van der Waals surface area (Å²) in [5.41, 5.74) is 0.263. The Labute approximate surface area is 104 Å². The zero-order chi connectivity index (χ0) is 13.0. The van der Waals surface area contributed by atoms with Crippen LogP contribution in [0.4, 0.5) is 5.69 Å². The number of nitro groups is 1. The highest BCUT2D eigenvalue weighted by molar-refractivity contribution is 5.89. The van der Waals surface area contributed by atoms with Gasteiger partial charge in [0.2, 0.25) is 0 Å². The Morgan fingerprint density at radius 1 is 1.39 bits per heavy atom. The number of non-ortho nitro benzene ring substituents is 1. The molecule has 96 valence electrons. The fourth-order valence-electron chi connectivity index (χ4n) is 1.74. The molecule has 1 fully saturated rings. The molecule has 0 N–H and O–H groups in total. The van der Waals surface area contributed by atoms with E-state index < -0.39 is 10.9 Å². The number of hydrogen-bond acceptors (Lipinski definition) is 5. The molecule has 6 nitrogen and oxygen atoms in total. The fraction of sp³-hybridized carbons (Fsp3) is 0.417. The highest BCUT2D eigenvalue weighted by Gasteiger charge is 2.19. The number of carbonyl (C=O) groups excluding carboxylic acids is 1. The van der Waals surface area contributed by atoms with Crippen LogP contribution in [-0.4, -0.2) is 30.2 Å². The molecule has 6 heteroatoms. The van der Waals surface area contributed by atoms with Crippen LogP contribution in [0.3, 0.4) is 0 Å². The van der Waals surface area contributed by atoms with Gasteiger partial charge in [0.05, 0.1) is 17.1 Å². The first kappa shape index (κ1) is 12.5. The summed E-state index contributed by atoms with van der Waals surface area (Å²) in [4.78, 5) is 21.7. The molecule has 1 aromatic rings. The lowest BCUT2D eigenvalue weighted by Gasteiger charge is -2.22. The van der Waals surface area contributed by atoms with Gasteiger partial charge in [-0.3, -0.25) is 10.1 Å². The van der Waals surface area contributed by atoms with Gasteiger partial charge >= 0.3 is 5.97 Å².